The van der Waals surface area contributed by atoms with Crippen LogP contribution in [0.4, 0.5) is 5.82 Å². The fourth-order valence-electron chi connectivity index (χ4n) is 1.20. The second kappa shape index (κ2) is 4.01. The molecular weight excluding hydrogens is 212 g/mol. The van der Waals surface area contributed by atoms with Crippen LogP contribution >= 0.6 is 0 Å². The monoisotopic (exact) mass is 222 g/mol. The maximum atomic E-state index is 11.6. The van der Waals surface area contributed by atoms with E-state index in [2.05, 4.69) is 30.5 Å². The third kappa shape index (κ3) is 1.85. The zero-order valence-corrected chi connectivity index (χ0v) is 8.47. The zero-order chi connectivity index (χ0) is 11.5. The average molecular weight is 222 g/mol. The maximum absolute atomic E-state index is 11.6. The van der Waals surface area contributed by atoms with E-state index in [-0.39, 0.29) is 17.6 Å². The van der Waals surface area contributed by atoms with Crippen LogP contribution in [0.15, 0.2) is 17.0 Å². The van der Waals surface area contributed by atoms with Gasteiger partial charge in [-0.25, -0.2) is 4.63 Å². The smallest absolute Gasteiger partial charge is 0.277 e. The van der Waals surface area contributed by atoms with Crippen molar-refractivity contribution >= 4 is 11.7 Å². The number of anilines is 1. The highest BCUT2D eigenvalue weighted by molar-refractivity contribution is 5.96. The van der Waals surface area contributed by atoms with Gasteiger partial charge in [-0.1, -0.05) is 0 Å². The molecule has 1 amide bonds. The molecule has 0 radical (unpaired) electrons. The van der Waals surface area contributed by atoms with Crippen LogP contribution in [0.25, 0.3) is 0 Å². The molecule has 16 heavy (non-hydrogen) atoms. The summed E-state index contributed by atoms with van der Waals surface area (Å²) in [7, 11) is 0. The molecule has 0 aliphatic carbocycles. The highest BCUT2D eigenvalue weighted by atomic mass is 16.6. The highest BCUT2D eigenvalue weighted by Gasteiger charge is 2.18. The first-order valence-corrected chi connectivity index (χ1v) is 4.56. The fraction of sp³-hybridized carbons (Fsp3) is 0.250. The van der Waals surface area contributed by atoms with Crippen LogP contribution < -0.4 is 11.1 Å². The topological polar surface area (TPSA) is 123 Å². The predicted molar refractivity (Wildman–Crippen MR) is 53.2 cm³/mol. The van der Waals surface area contributed by atoms with Crippen LogP contribution in [0.2, 0.25) is 0 Å². The number of aromatic nitrogens is 4. The Morgan fingerprint density at radius 2 is 2.44 bits per heavy atom. The number of carbonyl (C=O) groups excluding carboxylic acids is 1. The van der Waals surface area contributed by atoms with E-state index < -0.39 is 5.91 Å². The van der Waals surface area contributed by atoms with Gasteiger partial charge < -0.3 is 11.1 Å². The fourth-order valence-corrected chi connectivity index (χ4v) is 1.20. The van der Waals surface area contributed by atoms with Crippen molar-refractivity contribution in [1.29, 1.82) is 0 Å². The molecule has 0 spiro atoms. The first kappa shape index (κ1) is 10.1. The number of rotatable bonds is 3. The van der Waals surface area contributed by atoms with E-state index in [0.717, 1.165) is 5.56 Å². The second-order valence-corrected chi connectivity index (χ2v) is 3.22. The number of hydrogen-bond donors (Lipinski definition) is 3. The normalized spacial score (nSPS) is 12.3. The van der Waals surface area contributed by atoms with Gasteiger partial charge >= 0.3 is 0 Å². The molecule has 0 saturated heterocycles. The Morgan fingerprint density at radius 1 is 1.62 bits per heavy atom. The van der Waals surface area contributed by atoms with Gasteiger partial charge in [0.1, 0.15) is 0 Å². The van der Waals surface area contributed by atoms with Crippen molar-refractivity contribution < 1.29 is 9.42 Å². The lowest BCUT2D eigenvalue weighted by Gasteiger charge is -2.09. The Hall–Kier alpha value is -2.38. The molecule has 4 N–H and O–H groups in total. The minimum Gasteiger partial charge on any atom is -0.379 e. The summed E-state index contributed by atoms with van der Waals surface area (Å²) in [5.74, 6) is -0.468. The van der Waals surface area contributed by atoms with Gasteiger partial charge in [-0.2, -0.15) is 5.10 Å². The first-order valence-electron chi connectivity index (χ1n) is 4.56. The van der Waals surface area contributed by atoms with Crippen LogP contribution in [-0.4, -0.2) is 26.4 Å². The van der Waals surface area contributed by atoms with E-state index in [4.69, 9.17) is 5.73 Å². The molecule has 1 atom stereocenters. The molecule has 8 nitrogen and oxygen atoms in total. The van der Waals surface area contributed by atoms with Crippen molar-refractivity contribution in [1.82, 2.24) is 25.8 Å². The van der Waals surface area contributed by atoms with Gasteiger partial charge in [-0.05, 0) is 17.2 Å². The van der Waals surface area contributed by atoms with Gasteiger partial charge in [0.15, 0.2) is 0 Å². The van der Waals surface area contributed by atoms with Gasteiger partial charge in [0, 0.05) is 11.8 Å². The third-order valence-corrected chi connectivity index (χ3v) is 2.10. The van der Waals surface area contributed by atoms with E-state index in [1.807, 2.05) is 6.92 Å². The summed E-state index contributed by atoms with van der Waals surface area (Å²) in [4.78, 5) is 11.6. The van der Waals surface area contributed by atoms with E-state index in [1.165, 1.54) is 0 Å². The summed E-state index contributed by atoms with van der Waals surface area (Å²) in [6.45, 7) is 1.81. The lowest BCUT2D eigenvalue weighted by molar-refractivity contribution is 0.0930. The number of nitrogens with two attached hydrogens (primary N) is 1. The Labute approximate surface area is 90.2 Å². The van der Waals surface area contributed by atoms with Crippen LogP contribution in [-0.2, 0) is 0 Å². The number of hydrogen-bond acceptors (Lipinski definition) is 6. The largest absolute Gasteiger partial charge is 0.379 e. The average Bonchev–Trinajstić information content (AvgIpc) is 2.86. The summed E-state index contributed by atoms with van der Waals surface area (Å²) >= 11 is 0. The molecule has 2 aromatic rings. The molecule has 0 aromatic carbocycles. The Morgan fingerprint density at radius 3 is 3.00 bits per heavy atom. The molecule has 0 saturated carbocycles. The molecule has 0 aliphatic rings. The summed E-state index contributed by atoms with van der Waals surface area (Å²) in [5, 5.41) is 15.8. The molecule has 0 aliphatic heterocycles. The SMILES string of the molecule is CC(NC(=O)c1nonc1N)c1cn[nH]c1. The van der Waals surface area contributed by atoms with Crippen molar-refractivity contribution in [2.45, 2.75) is 13.0 Å². The predicted octanol–water partition coefficient (Wildman–Crippen LogP) is -0.134. The van der Waals surface area contributed by atoms with Crippen molar-refractivity contribution in [3.63, 3.8) is 0 Å². The summed E-state index contributed by atoms with van der Waals surface area (Å²) in [5.41, 5.74) is 6.22. The molecule has 8 heteroatoms. The highest BCUT2D eigenvalue weighted by Crippen LogP contribution is 2.11. The Bertz CT molecular complexity index is 476. The number of nitrogens with zero attached hydrogens (tertiary/aromatic N) is 3. The number of carbonyl (C=O) groups is 1. The molecular formula is C8H10N6O2. The summed E-state index contributed by atoms with van der Waals surface area (Å²) in [6.07, 6.45) is 3.31. The van der Waals surface area contributed by atoms with Gasteiger partial charge in [0.25, 0.3) is 5.91 Å². The van der Waals surface area contributed by atoms with Crippen LogP contribution in [0.1, 0.15) is 29.0 Å². The minimum atomic E-state index is -0.438. The number of H-pyrrole nitrogens is 1. The van der Waals surface area contributed by atoms with Gasteiger partial charge in [-0.3, -0.25) is 9.89 Å². The standard InChI is InChI=1S/C8H10N6O2/c1-4(5-2-10-11-3-5)12-8(15)6-7(9)14-16-13-6/h2-4H,1H3,(H2,9,14)(H,10,11)(H,12,15). The molecule has 0 bridgehead atoms. The van der Waals surface area contributed by atoms with E-state index in [1.54, 1.807) is 12.4 Å². The lowest BCUT2D eigenvalue weighted by atomic mass is 10.2. The van der Waals surface area contributed by atoms with E-state index >= 15 is 0 Å². The minimum absolute atomic E-state index is 0.0182. The van der Waals surface area contributed by atoms with Crippen LogP contribution in [0, 0.1) is 0 Å². The quantitative estimate of drug-likeness (QED) is 0.664. The van der Waals surface area contributed by atoms with Crippen molar-refractivity contribution in [2.75, 3.05) is 5.73 Å². The zero-order valence-electron chi connectivity index (χ0n) is 8.47. The number of amides is 1. The lowest BCUT2D eigenvalue weighted by Crippen LogP contribution is -2.27. The van der Waals surface area contributed by atoms with Gasteiger partial charge in [-0.15, -0.1) is 0 Å². The van der Waals surface area contributed by atoms with Crippen molar-refractivity contribution in [3.05, 3.63) is 23.7 Å². The second-order valence-electron chi connectivity index (χ2n) is 3.22. The maximum Gasteiger partial charge on any atom is 0.277 e. The molecule has 2 heterocycles. The van der Waals surface area contributed by atoms with Crippen LogP contribution in [0.5, 0.6) is 0 Å². The first-order chi connectivity index (χ1) is 7.68. The van der Waals surface area contributed by atoms with Gasteiger partial charge in [0.05, 0.1) is 12.2 Å². The van der Waals surface area contributed by atoms with E-state index in [9.17, 15) is 4.79 Å². The molecule has 2 aromatic heterocycles. The van der Waals surface area contributed by atoms with E-state index in [0.29, 0.717) is 0 Å². The summed E-state index contributed by atoms with van der Waals surface area (Å²) in [6, 6.07) is -0.206. The molecule has 84 valence electrons. The molecule has 2 rings (SSSR count). The number of nitrogens with one attached hydrogen (secondary N) is 2. The third-order valence-electron chi connectivity index (χ3n) is 2.10. The molecule has 1 unspecified atom stereocenters. The van der Waals surface area contributed by atoms with Gasteiger partial charge in [0.2, 0.25) is 11.5 Å². The van der Waals surface area contributed by atoms with Crippen molar-refractivity contribution in [3.8, 4) is 0 Å². The number of aromatic amines is 1. The van der Waals surface area contributed by atoms with Crippen molar-refractivity contribution in [2.24, 2.45) is 0 Å². The Kier molecular flexibility index (Phi) is 2.54. The summed E-state index contributed by atoms with van der Waals surface area (Å²) < 4.78 is 4.33. The Balaban J connectivity index is 2.06. The number of nitrogen functional groups attached to an aromatic ring is 1. The molecule has 0 fully saturated rings. The van der Waals surface area contributed by atoms with Crippen LogP contribution in [0.3, 0.4) is 0 Å².